The van der Waals surface area contributed by atoms with Crippen LogP contribution in [0, 0.1) is 6.92 Å². The van der Waals surface area contributed by atoms with Crippen molar-refractivity contribution in [2.75, 3.05) is 0 Å². The zero-order chi connectivity index (χ0) is 12.0. The second-order valence-electron chi connectivity index (χ2n) is 4.36. The molecule has 0 saturated carbocycles. The highest BCUT2D eigenvalue weighted by Gasteiger charge is 2.21. The summed E-state index contributed by atoms with van der Waals surface area (Å²) < 4.78 is 5.58. The molecule has 2 heteroatoms. The van der Waals surface area contributed by atoms with Gasteiger partial charge in [-0.2, -0.15) is 0 Å². The van der Waals surface area contributed by atoms with Gasteiger partial charge < -0.3 is 4.42 Å². The second kappa shape index (κ2) is 6.51. The average Bonchev–Trinajstić information content (AvgIpc) is 2.69. The lowest BCUT2D eigenvalue weighted by Crippen LogP contribution is -2.11. The van der Waals surface area contributed by atoms with E-state index in [-0.39, 0.29) is 5.92 Å². The lowest BCUT2D eigenvalue weighted by atomic mass is 9.93. The Hall–Kier alpha value is -1.05. The Morgan fingerprint density at radius 1 is 1.31 bits per heavy atom. The van der Waals surface area contributed by atoms with Crippen LogP contribution in [0.25, 0.3) is 0 Å². The van der Waals surface area contributed by atoms with Gasteiger partial charge >= 0.3 is 0 Å². The summed E-state index contributed by atoms with van der Waals surface area (Å²) in [6.45, 7) is 6.14. The van der Waals surface area contributed by atoms with E-state index in [2.05, 4.69) is 13.8 Å². The van der Waals surface area contributed by atoms with Crippen LogP contribution in [0.15, 0.2) is 16.5 Å². The Kier molecular flexibility index (Phi) is 5.30. The Bertz CT molecular complexity index is 325. The largest absolute Gasteiger partial charge is 0.466 e. The second-order valence-corrected chi connectivity index (χ2v) is 4.36. The van der Waals surface area contributed by atoms with Gasteiger partial charge in [0, 0.05) is 6.42 Å². The molecule has 0 aromatic carbocycles. The van der Waals surface area contributed by atoms with Crippen molar-refractivity contribution in [3.63, 3.8) is 0 Å². The lowest BCUT2D eigenvalue weighted by molar-refractivity contribution is -0.121. The molecule has 0 bridgehead atoms. The van der Waals surface area contributed by atoms with Crippen LogP contribution >= 0.6 is 0 Å². The van der Waals surface area contributed by atoms with E-state index in [1.807, 2.05) is 19.1 Å². The summed E-state index contributed by atoms with van der Waals surface area (Å²) in [6, 6.07) is 3.88. The van der Waals surface area contributed by atoms with Crippen molar-refractivity contribution in [3.8, 4) is 0 Å². The molecule has 0 amide bonds. The van der Waals surface area contributed by atoms with Gasteiger partial charge in [-0.05, 0) is 31.9 Å². The standard InChI is InChI=1S/C14H22O2/c1-4-6-8-13(15)12(7-5-2)14-10-9-11(3)16-14/h9-10,12H,4-8H2,1-3H3. The Morgan fingerprint density at radius 2 is 2.06 bits per heavy atom. The van der Waals surface area contributed by atoms with Gasteiger partial charge in [-0.3, -0.25) is 4.79 Å². The molecule has 0 saturated heterocycles. The van der Waals surface area contributed by atoms with Gasteiger partial charge in [0.2, 0.25) is 0 Å². The highest BCUT2D eigenvalue weighted by molar-refractivity contribution is 5.85. The van der Waals surface area contributed by atoms with Crippen molar-refractivity contribution in [1.82, 2.24) is 0 Å². The highest BCUT2D eigenvalue weighted by Crippen LogP contribution is 2.26. The molecule has 1 aromatic rings. The highest BCUT2D eigenvalue weighted by atomic mass is 16.3. The topological polar surface area (TPSA) is 30.2 Å². The maximum atomic E-state index is 12.0. The van der Waals surface area contributed by atoms with Crippen LogP contribution in [0.4, 0.5) is 0 Å². The number of Topliss-reactive ketones (excluding diaryl/α,β-unsaturated/α-hetero) is 1. The molecule has 16 heavy (non-hydrogen) atoms. The van der Waals surface area contributed by atoms with E-state index in [1.165, 1.54) is 0 Å². The maximum absolute atomic E-state index is 12.0. The number of ketones is 1. The Morgan fingerprint density at radius 3 is 2.56 bits per heavy atom. The lowest BCUT2D eigenvalue weighted by Gasteiger charge is -2.12. The maximum Gasteiger partial charge on any atom is 0.143 e. The number of furan rings is 1. The predicted molar refractivity (Wildman–Crippen MR) is 65.6 cm³/mol. The SMILES string of the molecule is CCCCC(=O)C(CCC)c1ccc(C)o1. The van der Waals surface area contributed by atoms with E-state index in [1.54, 1.807) is 0 Å². The minimum absolute atomic E-state index is 0.0229. The molecule has 1 aromatic heterocycles. The number of hydrogen-bond donors (Lipinski definition) is 0. The first-order valence-electron chi connectivity index (χ1n) is 6.28. The molecule has 1 unspecified atom stereocenters. The van der Waals surface area contributed by atoms with Crippen molar-refractivity contribution in [1.29, 1.82) is 0 Å². The molecule has 0 fully saturated rings. The average molecular weight is 222 g/mol. The molecule has 90 valence electrons. The summed E-state index contributed by atoms with van der Waals surface area (Å²) in [5, 5.41) is 0. The minimum Gasteiger partial charge on any atom is -0.466 e. The number of hydrogen-bond acceptors (Lipinski definition) is 2. The number of rotatable bonds is 7. The Labute approximate surface area is 98.0 Å². The van der Waals surface area contributed by atoms with Crippen LogP contribution in [0.1, 0.15) is 63.4 Å². The summed E-state index contributed by atoms with van der Waals surface area (Å²) in [5.41, 5.74) is 0. The smallest absolute Gasteiger partial charge is 0.143 e. The molecule has 0 aliphatic carbocycles. The Balaban J connectivity index is 2.70. The third kappa shape index (κ3) is 3.51. The molecule has 0 aliphatic rings. The third-order valence-electron chi connectivity index (χ3n) is 2.85. The summed E-state index contributed by atoms with van der Waals surface area (Å²) in [6.07, 6.45) is 4.65. The van der Waals surface area contributed by atoms with Crippen molar-refractivity contribution in [2.45, 2.75) is 58.8 Å². The van der Waals surface area contributed by atoms with E-state index in [0.29, 0.717) is 12.2 Å². The molecule has 2 nitrogen and oxygen atoms in total. The summed E-state index contributed by atoms with van der Waals surface area (Å²) in [5.74, 6) is 2.04. The van der Waals surface area contributed by atoms with Gasteiger partial charge in [-0.1, -0.05) is 26.7 Å². The van der Waals surface area contributed by atoms with E-state index in [0.717, 1.165) is 37.2 Å². The zero-order valence-electron chi connectivity index (χ0n) is 10.6. The van der Waals surface area contributed by atoms with Crippen molar-refractivity contribution < 1.29 is 9.21 Å². The fourth-order valence-corrected chi connectivity index (χ4v) is 1.92. The summed E-state index contributed by atoms with van der Waals surface area (Å²) in [4.78, 5) is 12.0. The van der Waals surface area contributed by atoms with E-state index >= 15 is 0 Å². The molecular formula is C14H22O2. The van der Waals surface area contributed by atoms with Crippen molar-refractivity contribution >= 4 is 5.78 Å². The number of unbranched alkanes of at least 4 members (excludes halogenated alkanes) is 1. The van der Waals surface area contributed by atoms with Crippen LogP contribution in [-0.4, -0.2) is 5.78 Å². The molecule has 0 radical (unpaired) electrons. The fourth-order valence-electron chi connectivity index (χ4n) is 1.92. The number of carbonyl (C=O) groups is 1. The minimum atomic E-state index is -0.0229. The van der Waals surface area contributed by atoms with Crippen LogP contribution in [-0.2, 0) is 4.79 Å². The first-order valence-corrected chi connectivity index (χ1v) is 6.28. The molecule has 0 aliphatic heterocycles. The molecule has 1 rings (SSSR count). The molecule has 1 atom stereocenters. The number of carbonyl (C=O) groups excluding carboxylic acids is 1. The van der Waals surface area contributed by atoms with Crippen LogP contribution in [0.5, 0.6) is 0 Å². The summed E-state index contributed by atoms with van der Waals surface area (Å²) >= 11 is 0. The van der Waals surface area contributed by atoms with Crippen LogP contribution < -0.4 is 0 Å². The molecule has 0 N–H and O–H groups in total. The fraction of sp³-hybridized carbons (Fsp3) is 0.643. The third-order valence-corrected chi connectivity index (χ3v) is 2.85. The first-order chi connectivity index (χ1) is 7.69. The van der Waals surface area contributed by atoms with E-state index < -0.39 is 0 Å². The monoisotopic (exact) mass is 222 g/mol. The zero-order valence-corrected chi connectivity index (χ0v) is 10.6. The van der Waals surface area contributed by atoms with Crippen LogP contribution in [0.2, 0.25) is 0 Å². The normalized spacial score (nSPS) is 12.7. The quantitative estimate of drug-likeness (QED) is 0.691. The van der Waals surface area contributed by atoms with Crippen LogP contribution in [0.3, 0.4) is 0 Å². The predicted octanol–water partition coefficient (Wildman–Crippen LogP) is 4.23. The molecular weight excluding hydrogens is 200 g/mol. The number of aryl methyl sites for hydroxylation is 1. The van der Waals surface area contributed by atoms with Gasteiger partial charge in [0.25, 0.3) is 0 Å². The molecule has 0 spiro atoms. The van der Waals surface area contributed by atoms with Gasteiger partial charge in [-0.15, -0.1) is 0 Å². The van der Waals surface area contributed by atoms with Gasteiger partial charge in [0.05, 0.1) is 5.92 Å². The van der Waals surface area contributed by atoms with E-state index in [4.69, 9.17) is 4.42 Å². The first kappa shape index (κ1) is 13.0. The van der Waals surface area contributed by atoms with Gasteiger partial charge in [0.15, 0.2) is 0 Å². The van der Waals surface area contributed by atoms with Gasteiger partial charge in [0.1, 0.15) is 17.3 Å². The van der Waals surface area contributed by atoms with Gasteiger partial charge in [-0.25, -0.2) is 0 Å². The van der Waals surface area contributed by atoms with Crippen molar-refractivity contribution in [2.24, 2.45) is 0 Å². The van der Waals surface area contributed by atoms with E-state index in [9.17, 15) is 4.79 Å². The molecule has 1 heterocycles. The van der Waals surface area contributed by atoms with Crippen molar-refractivity contribution in [3.05, 3.63) is 23.7 Å². The summed E-state index contributed by atoms with van der Waals surface area (Å²) in [7, 11) is 0.